The highest BCUT2D eigenvalue weighted by atomic mass is 19.1. The van der Waals surface area contributed by atoms with E-state index in [4.69, 9.17) is 5.73 Å². The van der Waals surface area contributed by atoms with E-state index in [1.165, 1.54) is 29.0 Å². The normalized spacial score (nSPS) is 10.6. The van der Waals surface area contributed by atoms with Crippen molar-refractivity contribution in [2.45, 2.75) is 20.0 Å². The van der Waals surface area contributed by atoms with Gasteiger partial charge in [0.05, 0.1) is 12.2 Å². The van der Waals surface area contributed by atoms with E-state index >= 15 is 0 Å². The topological polar surface area (TPSA) is 70.0 Å². The van der Waals surface area contributed by atoms with Gasteiger partial charge in [0.1, 0.15) is 0 Å². The minimum Gasteiger partial charge on any atom is -0.396 e. The molecule has 0 atom stereocenters. The van der Waals surface area contributed by atoms with Crippen LogP contribution >= 0.6 is 0 Å². The smallest absolute Gasteiger partial charge is 0.331 e. The fourth-order valence-corrected chi connectivity index (χ4v) is 1.84. The molecule has 0 radical (unpaired) electrons. The fraction of sp³-hybridized carbons (Fsp3) is 0.231. The van der Waals surface area contributed by atoms with E-state index in [1.54, 1.807) is 13.0 Å². The summed E-state index contributed by atoms with van der Waals surface area (Å²) in [7, 11) is 0. The molecule has 0 unspecified atom stereocenters. The van der Waals surface area contributed by atoms with E-state index < -0.39 is 17.1 Å². The number of rotatable bonds is 3. The maximum absolute atomic E-state index is 13.8. The number of aryl methyl sites for hydroxylation is 1. The molecule has 2 rings (SSSR count). The molecular formula is C13H14FN3O2. The molecule has 0 aliphatic carbocycles. The summed E-state index contributed by atoms with van der Waals surface area (Å²) in [4.78, 5) is 23.7. The van der Waals surface area contributed by atoms with Crippen LogP contribution in [0.3, 0.4) is 0 Å². The fourth-order valence-electron chi connectivity index (χ4n) is 1.84. The summed E-state index contributed by atoms with van der Waals surface area (Å²) in [6.45, 7) is 2.10. The molecule has 0 aliphatic heterocycles. The largest absolute Gasteiger partial charge is 0.396 e. The van der Waals surface area contributed by atoms with Crippen molar-refractivity contribution in [2.24, 2.45) is 0 Å². The molecule has 100 valence electrons. The highest BCUT2D eigenvalue weighted by Gasteiger charge is 2.10. The number of anilines is 1. The van der Waals surface area contributed by atoms with Crippen LogP contribution in [-0.2, 0) is 13.1 Å². The lowest BCUT2D eigenvalue weighted by Crippen LogP contribution is -2.39. The van der Waals surface area contributed by atoms with E-state index in [2.05, 4.69) is 0 Å². The molecule has 1 aromatic carbocycles. The van der Waals surface area contributed by atoms with Crippen molar-refractivity contribution in [3.63, 3.8) is 0 Å². The first-order valence-corrected chi connectivity index (χ1v) is 5.87. The van der Waals surface area contributed by atoms with Gasteiger partial charge in [0.2, 0.25) is 0 Å². The molecule has 0 aliphatic rings. The first kappa shape index (κ1) is 13.1. The van der Waals surface area contributed by atoms with Crippen molar-refractivity contribution >= 4 is 5.69 Å². The predicted molar refractivity (Wildman–Crippen MR) is 70.6 cm³/mol. The van der Waals surface area contributed by atoms with Gasteiger partial charge in [-0.3, -0.25) is 9.36 Å². The Morgan fingerprint density at radius 2 is 2.00 bits per heavy atom. The first-order chi connectivity index (χ1) is 9.04. The molecule has 1 heterocycles. The van der Waals surface area contributed by atoms with E-state index in [0.717, 1.165) is 4.57 Å². The Labute approximate surface area is 108 Å². The second-order valence-electron chi connectivity index (χ2n) is 4.13. The second-order valence-corrected chi connectivity index (χ2v) is 4.13. The van der Waals surface area contributed by atoms with E-state index in [-0.39, 0.29) is 17.8 Å². The molecular weight excluding hydrogens is 249 g/mol. The molecule has 19 heavy (non-hydrogen) atoms. The van der Waals surface area contributed by atoms with Gasteiger partial charge >= 0.3 is 5.69 Å². The minimum atomic E-state index is -0.597. The minimum absolute atomic E-state index is 0.00250. The van der Waals surface area contributed by atoms with Gasteiger partial charge in [-0.25, -0.2) is 9.18 Å². The van der Waals surface area contributed by atoms with Crippen LogP contribution in [0.25, 0.3) is 0 Å². The van der Waals surface area contributed by atoms with Gasteiger partial charge in [0, 0.05) is 24.4 Å². The highest BCUT2D eigenvalue weighted by molar-refractivity contribution is 5.42. The van der Waals surface area contributed by atoms with Crippen molar-refractivity contribution in [3.05, 3.63) is 62.7 Å². The molecule has 0 saturated heterocycles. The molecule has 2 N–H and O–H groups in total. The maximum Gasteiger partial charge on any atom is 0.331 e. The number of aromatic nitrogens is 2. The van der Waals surface area contributed by atoms with E-state index in [1.807, 2.05) is 0 Å². The van der Waals surface area contributed by atoms with Crippen LogP contribution in [0.1, 0.15) is 12.5 Å². The Kier molecular flexibility index (Phi) is 3.50. The lowest BCUT2D eigenvalue weighted by atomic mass is 10.2. The van der Waals surface area contributed by atoms with Gasteiger partial charge in [-0.2, -0.15) is 0 Å². The van der Waals surface area contributed by atoms with Crippen LogP contribution in [0.4, 0.5) is 10.1 Å². The molecule has 5 nitrogen and oxygen atoms in total. The number of nitrogens with zero attached hydrogens (tertiary/aromatic N) is 2. The third kappa shape index (κ3) is 2.42. The van der Waals surface area contributed by atoms with Crippen molar-refractivity contribution < 1.29 is 4.39 Å². The van der Waals surface area contributed by atoms with Gasteiger partial charge < -0.3 is 10.3 Å². The number of benzene rings is 1. The zero-order valence-corrected chi connectivity index (χ0v) is 10.5. The average molecular weight is 263 g/mol. The third-order valence-electron chi connectivity index (χ3n) is 2.92. The molecule has 0 fully saturated rings. The number of halogens is 1. The second kappa shape index (κ2) is 5.09. The van der Waals surface area contributed by atoms with Gasteiger partial charge in [-0.1, -0.05) is 12.1 Å². The summed E-state index contributed by atoms with van der Waals surface area (Å²) in [5, 5.41) is 0. The third-order valence-corrected chi connectivity index (χ3v) is 2.92. The highest BCUT2D eigenvalue weighted by Crippen LogP contribution is 2.14. The quantitative estimate of drug-likeness (QED) is 0.833. The van der Waals surface area contributed by atoms with Crippen LogP contribution in [-0.4, -0.2) is 9.13 Å². The summed E-state index contributed by atoms with van der Waals surface area (Å²) in [6, 6.07) is 5.80. The standard InChI is InChI=1S/C13H14FN3O2/c1-2-16-7-6-11(18)17(13(16)19)8-9-4-3-5-10(15)12(9)14/h3-7H,2,8,15H2,1H3. The summed E-state index contributed by atoms with van der Waals surface area (Å²) < 4.78 is 16.2. The zero-order chi connectivity index (χ0) is 14.0. The average Bonchev–Trinajstić information content (AvgIpc) is 2.39. The van der Waals surface area contributed by atoms with Crippen molar-refractivity contribution in [3.8, 4) is 0 Å². The van der Waals surface area contributed by atoms with E-state index in [9.17, 15) is 14.0 Å². The Hall–Kier alpha value is -2.37. The number of nitrogen functional groups attached to an aromatic ring is 1. The van der Waals surface area contributed by atoms with E-state index in [0.29, 0.717) is 6.54 Å². The van der Waals surface area contributed by atoms with Gasteiger partial charge in [0.15, 0.2) is 5.82 Å². The van der Waals surface area contributed by atoms with Crippen molar-refractivity contribution in [1.82, 2.24) is 9.13 Å². The Morgan fingerprint density at radius 3 is 2.68 bits per heavy atom. The van der Waals surface area contributed by atoms with Crippen LogP contribution in [0.15, 0.2) is 40.1 Å². The number of hydrogen-bond donors (Lipinski definition) is 1. The van der Waals surface area contributed by atoms with Crippen molar-refractivity contribution in [1.29, 1.82) is 0 Å². The van der Waals surface area contributed by atoms with Crippen LogP contribution < -0.4 is 17.0 Å². The SMILES string of the molecule is CCn1ccc(=O)n(Cc2cccc(N)c2F)c1=O. The summed E-state index contributed by atoms with van der Waals surface area (Å²) in [6.07, 6.45) is 1.43. The van der Waals surface area contributed by atoms with Gasteiger partial charge in [-0.05, 0) is 13.0 Å². The molecule has 0 saturated carbocycles. The Morgan fingerprint density at radius 1 is 1.26 bits per heavy atom. The maximum atomic E-state index is 13.8. The van der Waals surface area contributed by atoms with Gasteiger partial charge in [0.25, 0.3) is 5.56 Å². The summed E-state index contributed by atoms with van der Waals surface area (Å²) in [5.74, 6) is -0.597. The number of nitrogens with two attached hydrogens (primary N) is 1. The molecule has 1 aromatic heterocycles. The molecule has 2 aromatic rings. The zero-order valence-electron chi connectivity index (χ0n) is 10.5. The van der Waals surface area contributed by atoms with Crippen LogP contribution in [0.2, 0.25) is 0 Å². The van der Waals surface area contributed by atoms with Crippen LogP contribution in [0, 0.1) is 5.82 Å². The van der Waals surface area contributed by atoms with Crippen molar-refractivity contribution in [2.75, 3.05) is 5.73 Å². The van der Waals surface area contributed by atoms with Crippen LogP contribution in [0.5, 0.6) is 0 Å². The van der Waals surface area contributed by atoms with Gasteiger partial charge in [-0.15, -0.1) is 0 Å². The monoisotopic (exact) mass is 263 g/mol. The molecule has 0 spiro atoms. The Bertz CT molecular complexity index is 719. The number of hydrogen-bond acceptors (Lipinski definition) is 3. The lowest BCUT2D eigenvalue weighted by molar-refractivity contribution is 0.568. The molecule has 0 amide bonds. The lowest BCUT2D eigenvalue weighted by Gasteiger charge is -2.09. The summed E-state index contributed by atoms with van der Waals surface area (Å²) >= 11 is 0. The Balaban J connectivity index is 2.53. The first-order valence-electron chi connectivity index (χ1n) is 5.87. The summed E-state index contributed by atoms with van der Waals surface area (Å²) in [5.41, 5.74) is 4.75. The predicted octanol–water partition coefficient (Wildman–Crippen LogP) is 0.800. The molecule has 0 bridgehead atoms. The molecule has 6 heteroatoms.